The molecule has 0 heterocycles. The number of rotatable bonds is 5. The number of hydrogen-bond donors (Lipinski definition) is 2. The van der Waals surface area contributed by atoms with Crippen molar-refractivity contribution < 1.29 is 10.0 Å². The minimum Gasteiger partial charge on any atom is -0.410 e. The Labute approximate surface area is 102 Å². The van der Waals surface area contributed by atoms with E-state index in [0.29, 0.717) is 11.0 Å². The third-order valence-corrected chi connectivity index (χ3v) is 3.59. The van der Waals surface area contributed by atoms with Crippen LogP contribution in [0, 0.1) is 17.8 Å². The number of amides is 1. The molecule has 0 bridgehead atoms. The van der Waals surface area contributed by atoms with Crippen molar-refractivity contribution in [2.75, 3.05) is 12.8 Å². The predicted molar refractivity (Wildman–Crippen MR) is 68.9 cm³/mol. The van der Waals surface area contributed by atoms with Crippen LogP contribution >= 0.6 is 11.8 Å². The van der Waals surface area contributed by atoms with Crippen LogP contribution in [-0.2, 0) is 4.79 Å². The van der Waals surface area contributed by atoms with Crippen LogP contribution < -0.4 is 5.32 Å². The highest BCUT2D eigenvalue weighted by Crippen LogP contribution is 2.22. The fourth-order valence-corrected chi connectivity index (χ4v) is 2.41. The molecule has 1 amide bonds. The van der Waals surface area contributed by atoms with E-state index in [4.69, 9.17) is 5.21 Å². The van der Waals surface area contributed by atoms with E-state index in [1.54, 1.807) is 7.05 Å². The Morgan fingerprint density at radius 1 is 1.38 bits per heavy atom. The van der Waals surface area contributed by atoms with Gasteiger partial charge in [-0.2, -0.15) is 0 Å². The number of nitrogens with zero attached hydrogens (tertiary/aromatic N) is 1. The molecule has 1 unspecified atom stereocenters. The van der Waals surface area contributed by atoms with Crippen LogP contribution in [0.2, 0.25) is 0 Å². The van der Waals surface area contributed by atoms with Gasteiger partial charge in [0.05, 0.1) is 5.92 Å². The van der Waals surface area contributed by atoms with Crippen LogP contribution in [-0.4, -0.2) is 29.0 Å². The van der Waals surface area contributed by atoms with Crippen molar-refractivity contribution in [1.29, 1.82) is 0 Å². The zero-order chi connectivity index (χ0) is 12.7. The molecular formula is C11H22N2O2S. The van der Waals surface area contributed by atoms with E-state index >= 15 is 0 Å². The molecule has 5 heteroatoms. The van der Waals surface area contributed by atoms with Crippen LogP contribution in [0.4, 0.5) is 0 Å². The van der Waals surface area contributed by atoms with Gasteiger partial charge in [0.1, 0.15) is 5.04 Å². The molecule has 0 saturated carbocycles. The maximum atomic E-state index is 11.7. The molecule has 0 aromatic carbocycles. The van der Waals surface area contributed by atoms with Crippen molar-refractivity contribution in [2.45, 2.75) is 27.7 Å². The van der Waals surface area contributed by atoms with Crippen LogP contribution in [0.25, 0.3) is 0 Å². The highest BCUT2D eigenvalue weighted by Gasteiger charge is 2.28. The van der Waals surface area contributed by atoms with Crippen LogP contribution in [0.15, 0.2) is 5.16 Å². The predicted octanol–water partition coefficient (Wildman–Crippen LogP) is 2.18. The maximum absolute atomic E-state index is 11.7. The molecule has 0 fully saturated rings. The highest BCUT2D eigenvalue weighted by molar-refractivity contribution is 8.14. The Hall–Kier alpha value is -0.710. The molecule has 0 aromatic rings. The van der Waals surface area contributed by atoms with Crippen molar-refractivity contribution in [3.63, 3.8) is 0 Å². The van der Waals surface area contributed by atoms with Crippen LogP contribution in [0.5, 0.6) is 0 Å². The summed E-state index contributed by atoms with van der Waals surface area (Å²) in [7, 11) is 1.60. The molecule has 0 radical (unpaired) electrons. The average Bonchev–Trinajstić information content (AvgIpc) is 2.22. The summed E-state index contributed by atoms with van der Waals surface area (Å²) >= 11 is 1.45. The fourth-order valence-electron chi connectivity index (χ4n) is 1.29. The number of thioether (sulfide) groups is 1. The summed E-state index contributed by atoms with van der Waals surface area (Å²) in [6.45, 7) is 8.07. The zero-order valence-corrected chi connectivity index (χ0v) is 11.5. The molecule has 94 valence electrons. The van der Waals surface area contributed by atoms with Crippen molar-refractivity contribution in [3.8, 4) is 0 Å². The van der Waals surface area contributed by atoms with E-state index in [9.17, 15) is 4.79 Å². The molecule has 1 atom stereocenters. The first-order valence-corrected chi connectivity index (χ1v) is 6.48. The minimum absolute atomic E-state index is 0.0981. The monoisotopic (exact) mass is 246 g/mol. The highest BCUT2D eigenvalue weighted by atomic mass is 32.2. The molecule has 0 aliphatic carbocycles. The third kappa shape index (κ3) is 4.88. The van der Waals surface area contributed by atoms with Gasteiger partial charge >= 0.3 is 0 Å². The largest absolute Gasteiger partial charge is 0.410 e. The van der Waals surface area contributed by atoms with Gasteiger partial charge in [-0.15, -0.1) is 11.8 Å². The van der Waals surface area contributed by atoms with Crippen LogP contribution in [0.3, 0.4) is 0 Å². The smallest absolute Gasteiger partial charge is 0.229 e. The summed E-state index contributed by atoms with van der Waals surface area (Å²) in [5, 5.41) is 15.4. The van der Waals surface area contributed by atoms with E-state index in [1.165, 1.54) is 11.8 Å². The van der Waals surface area contributed by atoms with E-state index in [-0.39, 0.29) is 17.7 Å². The molecule has 0 aliphatic rings. The number of nitrogens with one attached hydrogen (secondary N) is 1. The Morgan fingerprint density at radius 3 is 2.25 bits per heavy atom. The van der Waals surface area contributed by atoms with E-state index in [0.717, 1.165) is 5.75 Å². The van der Waals surface area contributed by atoms with Gasteiger partial charge in [-0.1, -0.05) is 32.9 Å². The van der Waals surface area contributed by atoms with Gasteiger partial charge in [-0.3, -0.25) is 4.79 Å². The zero-order valence-electron chi connectivity index (χ0n) is 10.7. The van der Waals surface area contributed by atoms with Gasteiger partial charge in [-0.05, 0) is 11.8 Å². The summed E-state index contributed by atoms with van der Waals surface area (Å²) in [6, 6.07) is 0. The Balaban J connectivity index is 4.67. The Bertz CT molecular complexity index is 252. The number of hydrogen-bond acceptors (Lipinski definition) is 4. The quantitative estimate of drug-likeness (QED) is 0.338. The van der Waals surface area contributed by atoms with Gasteiger partial charge in [-0.25, -0.2) is 0 Å². The Kier molecular flexibility index (Phi) is 7.21. The molecule has 0 spiro atoms. The number of oxime groups is 1. The molecule has 2 N–H and O–H groups in total. The van der Waals surface area contributed by atoms with E-state index in [1.807, 2.05) is 13.8 Å². The van der Waals surface area contributed by atoms with Crippen molar-refractivity contribution in [2.24, 2.45) is 22.9 Å². The van der Waals surface area contributed by atoms with Crippen molar-refractivity contribution >= 4 is 22.7 Å². The first kappa shape index (κ1) is 15.3. The van der Waals surface area contributed by atoms with Gasteiger partial charge in [0.2, 0.25) is 5.91 Å². The first-order valence-electron chi connectivity index (χ1n) is 5.50. The van der Waals surface area contributed by atoms with Crippen LogP contribution in [0.1, 0.15) is 27.7 Å². The van der Waals surface area contributed by atoms with Gasteiger partial charge in [0.25, 0.3) is 0 Å². The van der Waals surface area contributed by atoms with Gasteiger partial charge in [0.15, 0.2) is 0 Å². The van der Waals surface area contributed by atoms with Crippen molar-refractivity contribution in [3.05, 3.63) is 0 Å². The SMILES string of the molecule is CNC(=O)C(/C(=N/O)SCC(C)C)C(C)C. The third-order valence-electron chi connectivity index (χ3n) is 2.12. The van der Waals surface area contributed by atoms with E-state index < -0.39 is 0 Å². The topological polar surface area (TPSA) is 61.7 Å². The molecule has 0 aromatic heterocycles. The second-order valence-electron chi connectivity index (χ2n) is 4.48. The first-order chi connectivity index (χ1) is 7.43. The summed E-state index contributed by atoms with van der Waals surface area (Å²) in [6.07, 6.45) is 0. The number of carbonyl (C=O) groups excluding carboxylic acids is 1. The Morgan fingerprint density at radius 2 is 1.94 bits per heavy atom. The summed E-state index contributed by atoms with van der Waals surface area (Å²) in [5.41, 5.74) is 0. The standard InChI is InChI=1S/C11H22N2O2S/c1-7(2)6-16-11(13-15)9(8(3)4)10(14)12-5/h7-9,15H,6H2,1-5H3,(H,12,14)/b13-11-. The fraction of sp³-hybridized carbons (Fsp3) is 0.818. The maximum Gasteiger partial charge on any atom is 0.229 e. The summed E-state index contributed by atoms with van der Waals surface area (Å²) < 4.78 is 0. The lowest BCUT2D eigenvalue weighted by Gasteiger charge is -2.20. The second kappa shape index (κ2) is 7.54. The molecular weight excluding hydrogens is 224 g/mol. The van der Waals surface area contributed by atoms with Gasteiger partial charge in [0, 0.05) is 12.8 Å². The lowest BCUT2D eigenvalue weighted by atomic mass is 9.96. The van der Waals surface area contributed by atoms with E-state index in [2.05, 4.69) is 24.3 Å². The lowest BCUT2D eigenvalue weighted by molar-refractivity contribution is -0.123. The summed E-state index contributed by atoms with van der Waals surface area (Å²) in [5.74, 6) is 1.00. The molecule has 0 saturated heterocycles. The summed E-state index contributed by atoms with van der Waals surface area (Å²) in [4.78, 5) is 11.7. The molecule has 0 aliphatic heterocycles. The minimum atomic E-state index is -0.362. The average molecular weight is 246 g/mol. The second-order valence-corrected chi connectivity index (χ2v) is 5.52. The number of carbonyl (C=O) groups is 1. The molecule has 4 nitrogen and oxygen atoms in total. The lowest BCUT2D eigenvalue weighted by Crippen LogP contribution is -2.35. The normalized spacial score (nSPS) is 14.3. The van der Waals surface area contributed by atoms with Gasteiger partial charge < -0.3 is 10.5 Å². The molecule has 16 heavy (non-hydrogen) atoms. The van der Waals surface area contributed by atoms with Crippen molar-refractivity contribution in [1.82, 2.24) is 5.32 Å². The molecule has 0 rings (SSSR count).